The number of rotatable bonds is 7. The molecule has 3 aromatic rings. The maximum atomic E-state index is 13.5. The second kappa shape index (κ2) is 11.5. The highest BCUT2D eigenvalue weighted by molar-refractivity contribution is 8.05. The van der Waals surface area contributed by atoms with Crippen molar-refractivity contribution < 1.29 is 14.3 Å². The lowest BCUT2D eigenvalue weighted by atomic mass is 10.1. The van der Waals surface area contributed by atoms with Gasteiger partial charge in [0.2, 0.25) is 5.91 Å². The highest BCUT2D eigenvalue weighted by Gasteiger charge is 2.40. The molecule has 4 rings (SSSR count). The molecule has 1 fully saturated rings. The Labute approximate surface area is 223 Å². The number of amides is 2. The summed E-state index contributed by atoms with van der Waals surface area (Å²) in [6.45, 7) is 2.41. The number of carbonyl (C=O) groups excluding carboxylic acids is 2. The first kappa shape index (κ1) is 25.6. The zero-order valence-electron chi connectivity index (χ0n) is 19.2. The number of hydrogen-bond acceptors (Lipinski definition) is 5. The van der Waals surface area contributed by atoms with Crippen LogP contribution in [0.25, 0.3) is 0 Å². The predicted molar refractivity (Wildman–Crippen MR) is 144 cm³/mol. The second-order valence-electron chi connectivity index (χ2n) is 7.77. The molecule has 182 valence electrons. The van der Waals surface area contributed by atoms with Gasteiger partial charge in [-0.3, -0.25) is 14.5 Å². The number of para-hydroxylation sites is 1. The van der Waals surface area contributed by atoms with Gasteiger partial charge in [-0.15, -0.1) is 0 Å². The lowest BCUT2D eigenvalue weighted by molar-refractivity contribution is -0.117. The number of halogens is 2. The van der Waals surface area contributed by atoms with Gasteiger partial charge in [0.1, 0.15) is 22.4 Å². The first-order chi connectivity index (χ1) is 17.4. The standard InChI is InChI=1S/C27H21Cl2N3O3S/c1-2-35-20-11-9-18(10-12-20)31-25(33)21(16-30)27-32(19-6-4-3-5-7-19)26(34)24(36-27)15-17-8-13-22(28)23(29)14-17/h3-14,24H,2,15H2,1H3,(H,31,33)/b27-21-/t24-/m1/s1. The van der Waals surface area contributed by atoms with Crippen molar-refractivity contribution in [2.24, 2.45) is 0 Å². The minimum atomic E-state index is -0.604. The van der Waals surface area contributed by atoms with Crippen molar-refractivity contribution >= 4 is 58.2 Å². The molecule has 1 aliphatic rings. The van der Waals surface area contributed by atoms with E-state index in [-0.39, 0.29) is 16.5 Å². The number of anilines is 2. The van der Waals surface area contributed by atoms with Gasteiger partial charge in [0.05, 0.1) is 21.9 Å². The zero-order chi connectivity index (χ0) is 25.7. The SMILES string of the molecule is CCOc1ccc(NC(=O)/C(C#N)=C2\S[C@H](Cc3ccc(Cl)c(Cl)c3)C(=O)N2c2ccccc2)cc1. The van der Waals surface area contributed by atoms with E-state index in [0.29, 0.717) is 40.2 Å². The summed E-state index contributed by atoms with van der Waals surface area (Å²) in [6, 6.07) is 23.0. The van der Waals surface area contributed by atoms with Gasteiger partial charge in [0, 0.05) is 11.4 Å². The molecule has 1 aliphatic heterocycles. The van der Waals surface area contributed by atoms with E-state index in [4.69, 9.17) is 27.9 Å². The largest absolute Gasteiger partial charge is 0.494 e. The number of nitrogens with zero attached hydrogens (tertiary/aromatic N) is 2. The summed E-state index contributed by atoms with van der Waals surface area (Å²) in [5, 5.41) is 13.3. The van der Waals surface area contributed by atoms with Crippen LogP contribution in [-0.2, 0) is 16.0 Å². The maximum Gasteiger partial charge on any atom is 0.269 e. The number of thioether (sulfide) groups is 1. The van der Waals surface area contributed by atoms with Crippen molar-refractivity contribution in [2.45, 2.75) is 18.6 Å². The first-order valence-corrected chi connectivity index (χ1v) is 12.7. The molecular weight excluding hydrogens is 517 g/mol. The molecule has 0 bridgehead atoms. The van der Waals surface area contributed by atoms with Gasteiger partial charge in [-0.2, -0.15) is 5.26 Å². The molecule has 36 heavy (non-hydrogen) atoms. The lowest BCUT2D eigenvalue weighted by Crippen LogP contribution is -2.30. The number of nitrogens with one attached hydrogen (secondary N) is 1. The van der Waals surface area contributed by atoms with Gasteiger partial charge < -0.3 is 10.1 Å². The van der Waals surface area contributed by atoms with E-state index in [1.165, 1.54) is 16.7 Å². The highest BCUT2D eigenvalue weighted by Crippen LogP contribution is 2.42. The Morgan fingerprint density at radius 2 is 1.81 bits per heavy atom. The van der Waals surface area contributed by atoms with Crippen molar-refractivity contribution in [2.75, 3.05) is 16.8 Å². The number of benzene rings is 3. The van der Waals surface area contributed by atoms with Crippen molar-refractivity contribution in [1.29, 1.82) is 5.26 Å². The van der Waals surface area contributed by atoms with E-state index < -0.39 is 11.2 Å². The topological polar surface area (TPSA) is 82.4 Å². The summed E-state index contributed by atoms with van der Waals surface area (Å²) in [5.74, 6) is -0.159. The summed E-state index contributed by atoms with van der Waals surface area (Å²) >= 11 is 13.4. The van der Waals surface area contributed by atoms with Gasteiger partial charge >= 0.3 is 0 Å². The second-order valence-corrected chi connectivity index (χ2v) is 9.78. The molecular formula is C27H21Cl2N3O3S. The third-order valence-corrected chi connectivity index (χ3v) is 7.35. The van der Waals surface area contributed by atoms with Crippen LogP contribution in [0.4, 0.5) is 11.4 Å². The molecule has 0 spiro atoms. The Kier molecular flexibility index (Phi) is 8.21. The number of carbonyl (C=O) groups is 2. The first-order valence-electron chi connectivity index (χ1n) is 11.1. The third kappa shape index (κ3) is 5.68. The normalized spacial score (nSPS) is 16.4. The summed E-state index contributed by atoms with van der Waals surface area (Å²) in [6.07, 6.45) is 0.354. The van der Waals surface area contributed by atoms with Crippen molar-refractivity contribution in [3.63, 3.8) is 0 Å². The fraction of sp³-hybridized carbons (Fsp3) is 0.148. The van der Waals surface area contributed by atoms with Crippen molar-refractivity contribution in [3.05, 3.63) is 99.0 Å². The Hall–Kier alpha value is -3.44. The Morgan fingerprint density at radius 3 is 2.44 bits per heavy atom. The molecule has 9 heteroatoms. The van der Waals surface area contributed by atoms with E-state index in [1.54, 1.807) is 66.7 Å². The predicted octanol–water partition coefficient (Wildman–Crippen LogP) is 6.46. The Balaban J connectivity index is 1.66. The smallest absolute Gasteiger partial charge is 0.269 e. The summed E-state index contributed by atoms with van der Waals surface area (Å²) in [5.41, 5.74) is 1.75. The van der Waals surface area contributed by atoms with Gasteiger partial charge in [0.15, 0.2) is 0 Å². The molecule has 3 aromatic carbocycles. The molecule has 0 saturated carbocycles. The molecule has 1 heterocycles. The fourth-order valence-corrected chi connectivity index (χ4v) is 5.30. The summed E-state index contributed by atoms with van der Waals surface area (Å²) in [4.78, 5) is 28.1. The van der Waals surface area contributed by atoms with Crippen LogP contribution < -0.4 is 15.0 Å². The van der Waals surface area contributed by atoms with Crippen LogP contribution in [0.3, 0.4) is 0 Å². The van der Waals surface area contributed by atoms with Crippen LogP contribution in [0.5, 0.6) is 5.75 Å². The van der Waals surface area contributed by atoms with Gasteiger partial charge in [0.25, 0.3) is 5.91 Å². The van der Waals surface area contributed by atoms with E-state index in [9.17, 15) is 14.9 Å². The van der Waals surface area contributed by atoms with Crippen molar-refractivity contribution in [1.82, 2.24) is 0 Å². The quantitative estimate of drug-likeness (QED) is 0.276. The van der Waals surface area contributed by atoms with Crippen LogP contribution in [0, 0.1) is 11.3 Å². The minimum Gasteiger partial charge on any atom is -0.494 e. The molecule has 0 aliphatic carbocycles. The Bertz CT molecular complexity index is 1350. The molecule has 1 saturated heterocycles. The average molecular weight is 538 g/mol. The Morgan fingerprint density at radius 1 is 1.08 bits per heavy atom. The molecule has 0 radical (unpaired) electrons. The molecule has 6 nitrogen and oxygen atoms in total. The molecule has 1 atom stereocenters. The number of nitriles is 1. The van der Waals surface area contributed by atoms with Crippen molar-refractivity contribution in [3.8, 4) is 11.8 Å². The monoisotopic (exact) mass is 537 g/mol. The zero-order valence-corrected chi connectivity index (χ0v) is 21.5. The van der Waals surface area contributed by atoms with E-state index in [2.05, 4.69) is 5.32 Å². The summed E-state index contributed by atoms with van der Waals surface area (Å²) < 4.78 is 5.43. The molecule has 2 amide bonds. The third-order valence-electron chi connectivity index (χ3n) is 5.35. The van der Waals surface area contributed by atoms with Crippen LogP contribution in [0.2, 0.25) is 10.0 Å². The van der Waals surface area contributed by atoms with Crippen LogP contribution in [0.1, 0.15) is 12.5 Å². The lowest BCUT2D eigenvalue weighted by Gasteiger charge is -2.18. The van der Waals surface area contributed by atoms with Crippen LogP contribution in [0.15, 0.2) is 83.4 Å². The van der Waals surface area contributed by atoms with E-state index in [0.717, 1.165) is 5.56 Å². The highest BCUT2D eigenvalue weighted by atomic mass is 35.5. The molecule has 1 N–H and O–H groups in total. The minimum absolute atomic E-state index is 0.150. The van der Waals surface area contributed by atoms with E-state index >= 15 is 0 Å². The molecule has 0 aromatic heterocycles. The van der Waals surface area contributed by atoms with Crippen LogP contribution >= 0.6 is 35.0 Å². The average Bonchev–Trinajstić information content (AvgIpc) is 3.19. The molecule has 0 unspecified atom stereocenters. The fourth-order valence-electron chi connectivity index (χ4n) is 3.67. The van der Waals surface area contributed by atoms with Gasteiger partial charge in [-0.05, 0) is 67.4 Å². The van der Waals surface area contributed by atoms with Gasteiger partial charge in [-0.25, -0.2) is 0 Å². The van der Waals surface area contributed by atoms with E-state index in [1.807, 2.05) is 19.1 Å². The maximum absolute atomic E-state index is 13.5. The summed E-state index contributed by atoms with van der Waals surface area (Å²) in [7, 11) is 0. The van der Waals surface area contributed by atoms with Crippen LogP contribution in [-0.4, -0.2) is 23.7 Å². The number of ether oxygens (including phenoxy) is 1. The van der Waals surface area contributed by atoms with Gasteiger partial charge in [-0.1, -0.05) is 59.2 Å². The number of hydrogen-bond donors (Lipinski definition) is 1.